The highest BCUT2D eigenvalue weighted by atomic mass is 35.5. The molecule has 0 aliphatic carbocycles. The molecule has 0 bridgehead atoms. The summed E-state index contributed by atoms with van der Waals surface area (Å²) in [6.07, 6.45) is 2.52. The molecule has 0 atom stereocenters. The second kappa shape index (κ2) is 13.2. The highest BCUT2D eigenvalue weighted by Gasteiger charge is 2.26. The molecule has 2 N–H and O–H groups in total. The fraction of sp³-hybridized carbons (Fsp3) is 0.353. The van der Waals surface area contributed by atoms with Gasteiger partial charge in [0.15, 0.2) is 5.82 Å². The number of hydrogen-bond acceptors (Lipinski definition) is 8. The van der Waals surface area contributed by atoms with Gasteiger partial charge >= 0.3 is 0 Å². The molecule has 0 radical (unpaired) electrons. The quantitative estimate of drug-likeness (QED) is 0.275. The van der Waals surface area contributed by atoms with Gasteiger partial charge in [0.1, 0.15) is 11.4 Å². The van der Waals surface area contributed by atoms with E-state index in [1.807, 2.05) is 55.9 Å². The van der Waals surface area contributed by atoms with Crippen LogP contribution in [0.3, 0.4) is 0 Å². The molecule has 1 saturated heterocycles. The largest absolute Gasteiger partial charge is 0.496 e. The molecule has 11 nitrogen and oxygen atoms in total. The van der Waals surface area contributed by atoms with Crippen LogP contribution in [0.2, 0.25) is 5.02 Å². The molecular weight excluding hydrogens is 606 g/mol. The summed E-state index contributed by atoms with van der Waals surface area (Å²) < 4.78 is 12.7. The molecule has 0 unspecified atom stereocenters. The smallest absolute Gasteiger partial charge is 0.291 e. The van der Waals surface area contributed by atoms with E-state index >= 15 is 0 Å². The number of ether oxygens (including phenoxy) is 2. The van der Waals surface area contributed by atoms with Gasteiger partial charge in [0.05, 0.1) is 42.8 Å². The third kappa shape index (κ3) is 6.11. The minimum atomic E-state index is -0.323. The minimum absolute atomic E-state index is 0.269. The average Bonchev–Trinajstić information content (AvgIpc) is 3.36. The standard InChI is InChI=1S/C34H38ClN7O4/c1-20-23(24-9-6-10-25(31(24)35)39-33(43)32-38-27-17-40(2)13-12-29(27)41(32)3)8-7-11-28(20)42(4)34(44)26-14-30(45-5)21(16-37-26)15-36-22-18-46-19-22/h6-11,14,16,22,36H,12-13,15,17-19H2,1-5H3,(H,39,43). The lowest BCUT2D eigenvalue weighted by Crippen LogP contribution is -2.45. The molecule has 2 aromatic carbocycles. The minimum Gasteiger partial charge on any atom is -0.496 e. The maximum absolute atomic E-state index is 13.6. The Labute approximate surface area is 273 Å². The first-order chi connectivity index (χ1) is 22.2. The Bertz CT molecular complexity index is 1800. The third-order valence-corrected chi connectivity index (χ3v) is 9.17. The number of fused-ring (bicyclic) bond motifs is 1. The van der Waals surface area contributed by atoms with Crippen molar-refractivity contribution >= 4 is 34.8 Å². The van der Waals surface area contributed by atoms with E-state index in [4.69, 9.17) is 21.1 Å². The van der Waals surface area contributed by atoms with Crippen molar-refractivity contribution < 1.29 is 19.1 Å². The predicted octanol–water partition coefficient (Wildman–Crippen LogP) is 4.46. The lowest BCUT2D eigenvalue weighted by molar-refractivity contribution is -0.00586. The van der Waals surface area contributed by atoms with E-state index in [0.717, 1.165) is 46.6 Å². The summed E-state index contributed by atoms with van der Waals surface area (Å²) in [7, 11) is 7.22. The Balaban J connectivity index is 1.22. The van der Waals surface area contributed by atoms with Gasteiger partial charge in [-0.05, 0) is 37.2 Å². The second-order valence-electron chi connectivity index (χ2n) is 11.8. The summed E-state index contributed by atoms with van der Waals surface area (Å²) in [4.78, 5) is 39.9. The predicted molar refractivity (Wildman–Crippen MR) is 178 cm³/mol. The van der Waals surface area contributed by atoms with E-state index in [0.29, 0.717) is 60.3 Å². The van der Waals surface area contributed by atoms with Crippen LogP contribution in [0.5, 0.6) is 5.75 Å². The number of nitrogens with one attached hydrogen (secondary N) is 2. The van der Waals surface area contributed by atoms with Crippen molar-refractivity contribution in [1.29, 1.82) is 0 Å². The zero-order valence-corrected chi connectivity index (χ0v) is 27.4. The van der Waals surface area contributed by atoms with Gasteiger partial charge in [0, 0.05) is 74.9 Å². The van der Waals surface area contributed by atoms with Crippen LogP contribution in [0.1, 0.15) is 43.6 Å². The number of carbonyl (C=O) groups excluding carboxylic acids is 2. The summed E-state index contributed by atoms with van der Waals surface area (Å²) in [6.45, 7) is 5.51. The number of benzene rings is 2. The first kappa shape index (κ1) is 31.7. The van der Waals surface area contributed by atoms with Crippen LogP contribution in [-0.4, -0.2) is 78.3 Å². The van der Waals surface area contributed by atoms with Crippen molar-refractivity contribution in [3.63, 3.8) is 0 Å². The number of pyridine rings is 1. The normalized spacial score (nSPS) is 14.8. The van der Waals surface area contributed by atoms with E-state index in [1.54, 1.807) is 37.4 Å². The number of nitrogens with zero attached hydrogens (tertiary/aromatic N) is 5. The zero-order chi connectivity index (χ0) is 32.5. The van der Waals surface area contributed by atoms with Crippen LogP contribution in [-0.2, 0) is 31.3 Å². The lowest BCUT2D eigenvalue weighted by Gasteiger charge is -2.27. The summed E-state index contributed by atoms with van der Waals surface area (Å²) in [5, 5.41) is 6.76. The summed E-state index contributed by atoms with van der Waals surface area (Å²) >= 11 is 6.94. The number of carbonyl (C=O) groups is 2. The van der Waals surface area contributed by atoms with Crippen molar-refractivity contribution in [3.8, 4) is 16.9 Å². The number of likely N-dealkylation sites (N-methyl/N-ethyl adjacent to an activating group) is 1. The molecule has 4 aromatic rings. The van der Waals surface area contributed by atoms with E-state index in [2.05, 4.69) is 25.5 Å². The number of rotatable bonds is 9. The molecule has 240 valence electrons. The van der Waals surface area contributed by atoms with Gasteiger partial charge in [-0.15, -0.1) is 0 Å². The van der Waals surface area contributed by atoms with E-state index in [9.17, 15) is 9.59 Å². The van der Waals surface area contributed by atoms with Gasteiger partial charge < -0.3 is 34.5 Å². The Morgan fingerprint density at radius 3 is 2.65 bits per heavy atom. The SMILES string of the molecule is COc1cc(C(=O)N(C)c2cccc(-c3cccc(NC(=O)c4nc5c(n4C)CCN(C)C5)c3Cl)c2C)ncc1CNC1COC1. The zero-order valence-electron chi connectivity index (χ0n) is 26.7. The number of halogens is 1. The van der Waals surface area contributed by atoms with Crippen LogP contribution in [0.25, 0.3) is 11.1 Å². The van der Waals surface area contributed by atoms with Gasteiger partial charge in [0.25, 0.3) is 11.8 Å². The number of methoxy groups -OCH3 is 1. The fourth-order valence-corrected chi connectivity index (χ4v) is 6.22. The molecule has 1 fully saturated rings. The van der Waals surface area contributed by atoms with Crippen LogP contribution in [0.15, 0.2) is 48.7 Å². The number of hydrogen-bond donors (Lipinski definition) is 2. The number of aromatic nitrogens is 3. The molecule has 2 amide bonds. The highest BCUT2D eigenvalue weighted by Crippen LogP contribution is 2.38. The Morgan fingerprint density at radius 2 is 1.91 bits per heavy atom. The molecule has 2 aromatic heterocycles. The first-order valence-electron chi connectivity index (χ1n) is 15.2. The van der Waals surface area contributed by atoms with Gasteiger partial charge in [-0.2, -0.15) is 0 Å². The van der Waals surface area contributed by atoms with Crippen molar-refractivity contribution in [2.45, 2.75) is 32.5 Å². The van der Waals surface area contributed by atoms with Gasteiger partial charge in [-0.3, -0.25) is 14.6 Å². The first-order valence-corrected chi connectivity index (χ1v) is 15.6. The monoisotopic (exact) mass is 643 g/mol. The third-order valence-electron chi connectivity index (χ3n) is 8.76. The number of anilines is 2. The topological polar surface area (TPSA) is 114 Å². The second-order valence-corrected chi connectivity index (χ2v) is 12.2. The molecule has 0 saturated carbocycles. The fourth-order valence-electron chi connectivity index (χ4n) is 5.95. The molecule has 0 spiro atoms. The van der Waals surface area contributed by atoms with E-state index in [1.165, 1.54) is 0 Å². The summed E-state index contributed by atoms with van der Waals surface area (Å²) in [5.74, 6) is 0.342. The summed E-state index contributed by atoms with van der Waals surface area (Å²) in [6, 6.07) is 13.2. The van der Waals surface area contributed by atoms with Gasteiger partial charge in [-0.25, -0.2) is 4.98 Å². The van der Waals surface area contributed by atoms with Crippen molar-refractivity contribution in [3.05, 3.63) is 87.7 Å². The maximum Gasteiger partial charge on any atom is 0.291 e. The summed E-state index contributed by atoms with van der Waals surface area (Å²) in [5.41, 5.74) is 6.73. The number of amides is 2. The van der Waals surface area contributed by atoms with Crippen LogP contribution < -0.4 is 20.3 Å². The Morgan fingerprint density at radius 1 is 1.15 bits per heavy atom. The van der Waals surface area contributed by atoms with Crippen molar-refractivity contribution in [1.82, 2.24) is 24.8 Å². The maximum atomic E-state index is 13.6. The van der Waals surface area contributed by atoms with E-state index < -0.39 is 0 Å². The van der Waals surface area contributed by atoms with Gasteiger partial charge in [-0.1, -0.05) is 35.9 Å². The van der Waals surface area contributed by atoms with Crippen molar-refractivity contribution in [2.24, 2.45) is 7.05 Å². The molecule has 46 heavy (non-hydrogen) atoms. The van der Waals surface area contributed by atoms with Crippen LogP contribution in [0, 0.1) is 6.92 Å². The molecule has 4 heterocycles. The molecular formula is C34H38ClN7O4. The molecule has 6 rings (SSSR count). The average molecular weight is 644 g/mol. The van der Waals surface area contributed by atoms with Crippen molar-refractivity contribution in [2.75, 3.05) is 51.2 Å². The molecule has 2 aliphatic rings. The molecule has 2 aliphatic heterocycles. The van der Waals surface area contributed by atoms with Gasteiger partial charge in [0.2, 0.25) is 0 Å². The molecule has 12 heteroatoms. The van der Waals surface area contributed by atoms with E-state index in [-0.39, 0.29) is 17.5 Å². The van der Waals surface area contributed by atoms with Crippen LogP contribution in [0.4, 0.5) is 11.4 Å². The Kier molecular flexibility index (Phi) is 9.10. The highest BCUT2D eigenvalue weighted by molar-refractivity contribution is 6.36. The lowest BCUT2D eigenvalue weighted by atomic mass is 9.98. The number of imidazole rings is 1. The van der Waals surface area contributed by atoms with Crippen LogP contribution >= 0.6 is 11.6 Å². The Hall–Kier alpha value is -4.29.